The molecule has 0 bridgehead atoms. The molecule has 164 valence electrons. The third-order valence-electron chi connectivity index (χ3n) is 5.96. The Labute approximate surface area is 191 Å². The lowest BCUT2D eigenvalue weighted by atomic mass is 10.0. The van der Waals surface area contributed by atoms with Crippen LogP contribution in [0.4, 0.5) is 15.9 Å². The summed E-state index contributed by atoms with van der Waals surface area (Å²) in [5.74, 6) is 2.40. The summed E-state index contributed by atoms with van der Waals surface area (Å²) in [4.78, 5) is 16.5. The number of benzene rings is 2. The number of rotatable bonds is 4. The topological polar surface area (TPSA) is 41.5 Å². The van der Waals surface area contributed by atoms with Gasteiger partial charge in [0.1, 0.15) is 28.0 Å². The van der Waals surface area contributed by atoms with Gasteiger partial charge < -0.3 is 14.5 Å². The molecular formula is C25H25FN4OS. The lowest BCUT2D eigenvalue weighted by Crippen LogP contribution is -2.47. The monoisotopic (exact) mass is 448 g/mol. The van der Waals surface area contributed by atoms with Gasteiger partial charge in [0.05, 0.1) is 18.2 Å². The van der Waals surface area contributed by atoms with Crippen LogP contribution in [0.15, 0.2) is 48.5 Å². The van der Waals surface area contributed by atoms with Gasteiger partial charge in [0.2, 0.25) is 0 Å². The van der Waals surface area contributed by atoms with Gasteiger partial charge in [0.25, 0.3) is 0 Å². The van der Waals surface area contributed by atoms with Crippen LogP contribution in [-0.2, 0) is 0 Å². The molecule has 0 saturated carbocycles. The van der Waals surface area contributed by atoms with E-state index in [1.807, 2.05) is 37.3 Å². The zero-order chi connectivity index (χ0) is 22.2. The normalized spacial score (nSPS) is 14.2. The van der Waals surface area contributed by atoms with Gasteiger partial charge >= 0.3 is 0 Å². The van der Waals surface area contributed by atoms with E-state index in [-0.39, 0.29) is 5.82 Å². The van der Waals surface area contributed by atoms with E-state index in [0.29, 0.717) is 0 Å². The molecule has 0 radical (unpaired) electrons. The summed E-state index contributed by atoms with van der Waals surface area (Å²) < 4.78 is 19.1. The van der Waals surface area contributed by atoms with Crippen LogP contribution >= 0.6 is 11.3 Å². The average Bonchev–Trinajstić information content (AvgIpc) is 3.14. The highest BCUT2D eigenvalue weighted by Gasteiger charge is 2.25. The maximum absolute atomic E-state index is 13.6. The minimum atomic E-state index is -0.231. The zero-order valence-corrected chi connectivity index (χ0v) is 19.2. The Morgan fingerprint density at radius 2 is 1.59 bits per heavy atom. The van der Waals surface area contributed by atoms with Crippen molar-refractivity contribution >= 4 is 33.1 Å². The summed E-state index contributed by atoms with van der Waals surface area (Å²) >= 11 is 1.67. The largest absolute Gasteiger partial charge is 0.495 e. The van der Waals surface area contributed by atoms with E-state index >= 15 is 0 Å². The second-order valence-electron chi connectivity index (χ2n) is 7.96. The molecule has 0 N–H and O–H groups in total. The Bertz CT molecular complexity index is 1260. The summed E-state index contributed by atoms with van der Waals surface area (Å²) in [5, 5.41) is 1.07. The number of thiophene rings is 1. The van der Waals surface area contributed by atoms with Crippen molar-refractivity contribution in [3.05, 3.63) is 65.0 Å². The third-order valence-corrected chi connectivity index (χ3v) is 6.96. The molecule has 0 amide bonds. The van der Waals surface area contributed by atoms with Gasteiger partial charge in [-0.2, -0.15) is 0 Å². The van der Waals surface area contributed by atoms with Crippen LogP contribution in [0.1, 0.15) is 10.7 Å². The van der Waals surface area contributed by atoms with Crippen molar-refractivity contribution in [3.8, 4) is 16.9 Å². The van der Waals surface area contributed by atoms with Gasteiger partial charge in [-0.25, -0.2) is 14.4 Å². The van der Waals surface area contributed by atoms with E-state index in [2.05, 4.69) is 22.8 Å². The lowest BCUT2D eigenvalue weighted by Gasteiger charge is -2.37. The van der Waals surface area contributed by atoms with Crippen LogP contribution in [0.5, 0.6) is 5.75 Å². The van der Waals surface area contributed by atoms with Gasteiger partial charge in [-0.3, -0.25) is 0 Å². The number of ether oxygens (including phenoxy) is 1. The molecule has 1 fully saturated rings. The maximum Gasteiger partial charge on any atom is 0.142 e. The Morgan fingerprint density at radius 1 is 0.906 bits per heavy atom. The number of fused-ring (bicyclic) bond motifs is 1. The first kappa shape index (κ1) is 20.7. The van der Waals surface area contributed by atoms with Crippen LogP contribution in [0.25, 0.3) is 21.3 Å². The van der Waals surface area contributed by atoms with Crippen molar-refractivity contribution in [1.29, 1.82) is 0 Å². The van der Waals surface area contributed by atoms with Crippen molar-refractivity contribution in [2.75, 3.05) is 43.1 Å². The van der Waals surface area contributed by atoms with E-state index in [1.54, 1.807) is 18.4 Å². The number of anilines is 2. The van der Waals surface area contributed by atoms with E-state index < -0.39 is 0 Å². The number of methoxy groups -OCH3 is 1. The summed E-state index contributed by atoms with van der Waals surface area (Å²) in [6.45, 7) is 7.49. The van der Waals surface area contributed by atoms with Crippen molar-refractivity contribution in [3.63, 3.8) is 0 Å². The Morgan fingerprint density at radius 3 is 2.31 bits per heavy atom. The summed E-state index contributed by atoms with van der Waals surface area (Å²) in [7, 11) is 1.71. The predicted octanol–water partition coefficient (Wildman–Crippen LogP) is 5.45. The van der Waals surface area contributed by atoms with Crippen LogP contribution in [0.3, 0.4) is 0 Å². The minimum Gasteiger partial charge on any atom is -0.495 e. The fourth-order valence-electron chi connectivity index (χ4n) is 4.44. The van der Waals surface area contributed by atoms with Gasteiger partial charge in [-0.1, -0.05) is 24.3 Å². The van der Waals surface area contributed by atoms with E-state index in [0.717, 1.165) is 70.6 Å². The second kappa shape index (κ2) is 8.39. The second-order valence-corrected chi connectivity index (χ2v) is 9.16. The molecule has 0 atom stereocenters. The molecule has 2 aromatic carbocycles. The number of piperazine rings is 1. The maximum atomic E-state index is 13.6. The first-order chi connectivity index (χ1) is 15.5. The highest BCUT2D eigenvalue weighted by atomic mass is 32.1. The molecule has 5 nitrogen and oxygen atoms in total. The Balaban J connectivity index is 1.51. The highest BCUT2D eigenvalue weighted by molar-refractivity contribution is 7.19. The SMILES string of the molecule is COc1ccccc1N1CCN(c2nc(C)nc3sc(C)c(-c4ccc(F)cc4)c23)CC1. The van der Waals surface area contributed by atoms with E-state index in [1.165, 1.54) is 17.0 Å². The standard InChI is InChI=1S/C25H25FN4OS/c1-16-22(18-8-10-19(26)11-9-18)23-24(27-17(2)28-25(23)32-16)30-14-12-29(13-15-30)20-6-4-5-7-21(20)31-3/h4-11H,12-15H2,1-3H3. The first-order valence-electron chi connectivity index (χ1n) is 10.7. The Kier molecular flexibility index (Phi) is 5.43. The number of hydrogen-bond donors (Lipinski definition) is 0. The molecule has 32 heavy (non-hydrogen) atoms. The molecule has 2 aromatic heterocycles. The molecule has 5 rings (SSSR count). The highest BCUT2D eigenvalue weighted by Crippen LogP contribution is 2.42. The van der Waals surface area contributed by atoms with Crippen molar-refractivity contribution in [2.45, 2.75) is 13.8 Å². The van der Waals surface area contributed by atoms with Crippen molar-refractivity contribution < 1.29 is 9.13 Å². The molecule has 1 saturated heterocycles. The van der Waals surface area contributed by atoms with Gasteiger partial charge in [-0.05, 0) is 43.7 Å². The van der Waals surface area contributed by atoms with Gasteiger partial charge in [0, 0.05) is 36.6 Å². The summed E-state index contributed by atoms with van der Waals surface area (Å²) in [6, 6.07) is 14.9. The Hall–Kier alpha value is -3.19. The van der Waals surface area contributed by atoms with Gasteiger partial charge in [-0.15, -0.1) is 11.3 Å². The number of halogens is 1. The molecule has 3 heterocycles. The third kappa shape index (κ3) is 3.66. The van der Waals surface area contributed by atoms with Crippen LogP contribution in [0, 0.1) is 19.7 Å². The first-order valence-corrected chi connectivity index (χ1v) is 11.5. The van der Waals surface area contributed by atoms with Crippen LogP contribution in [-0.4, -0.2) is 43.3 Å². The molecule has 0 aliphatic carbocycles. The smallest absolute Gasteiger partial charge is 0.142 e. The van der Waals surface area contributed by atoms with Crippen LogP contribution in [0.2, 0.25) is 0 Å². The fraction of sp³-hybridized carbons (Fsp3) is 0.280. The van der Waals surface area contributed by atoms with E-state index in [9.17, 15) is 4.39 Å². The number of para-hydroxylation sites is 2. The summed E-state index contributed by atoms with van der Waals surface area (Å²) in [6.07, 6.45) is 0. The van der Waals surface area contributed by atoms with Crippen molar-refractivity contribution in [1.82, 2.24) is 9.97 Å². The molecule has 1 aliphatic heterocycles. The molecule has 0 unspecified atom stereocenters. The molecule has 4 aromatic rings. The van der Waals surface area contributed by atoms with Crippen LogP contribution < -0.4 is 14.5 Å². The lowest BCUT2D eigenvalue weighted by molar-refractivity contribution is 0.413. The number of nitrogens with zero attached hydrogens (tertiary/aromatic N) is 4. The zero-order valence-electron chi connectivity index (χ0n) is 18.4. The predicted molar refractivity (Wildman–Crippen MR) is 130 cm³/mol. The molecule has 0 spiro atoms. The number of aryl methyl sites for hydroxylation is 2. The molecular weight excluding hydrogens is 423 g/mol. The minimum absolute atomic E-state index is 0.231. The molecule has 1 aliphatic rings. The average molecular weight is 449 g/mol. The van der Waals surface area contributed by atoms with Gasteiger partial charge in [0.15, 0.2) is 0 Å². The number of aromatic nitrogens is 2. The van der Waals surface area contributed by atoms with E-state index in [4.69, 9.17) is 14.7 Å². The fourth-order valence-corrected chi connectivity index (χ4v) is 5.53. The molecule has 7 heteroatoms. The summed E-state index contributed by atoms with van der Waals surface area (Å²) in [5.41, 5.74) is 3.22. The number of hydrogen-bond acceptors (Lipinski definition) is 6. The quantitative estimate of drug-likeness (QED) is 0.415. The van der Waals surface area contributed by atoms with Crippen molar-refractivity contribution in [2.24, 2.45) is 0 Å².